The third-order valence-electron chi connectivity index (χ3n) is 4.09. The van der Waals surface area contributed by atoms with Gasteiger partial charge in [0, 0.05) is 12.2 Å². The molecule has 0 fully saturated rings. The first-order valence-electron chi connectivity index (χ1n) is 8.14. The van der Waals surface area contributed by atoms with Crippen LogP contribution in [-0.2, 0) is 12.7 Å². The van der Waals surface area contributed by atoms with E-state index in [1.165, 1.54) is 0 Å². The molecule has 9 heteroatoms. The molecule has 2 heterocycles. The van der Waals surface area contributed by atoms with Gasteiger partial charge in [-0.3, -0.25) is 4.79 Å². The van der Waals surface area contributed by atoms with Crippen molar-refractivity contribution >= 4 is 34.2 Å². The van der Waals surface area contributed by atoms with E-state index in [-0.39, 0.29) is 16.3 Å². The van der Waals surface area contributed by atoms with Gasteiger partial charge in [-0.1, -0.05) is 11.6 Å². The second-order valence-electron chi connectivity index (χ2n) is 6.06. The summed E-state index contributed by atoms with van der Waals surface area (Å²) >= 11 is 5.97. The quantitative estimate of drug-likeness (QED) is 0.678. The molecule has 0 unspecified atom stereocenters. The van der Waals surface area contributed by atoms with Gasteiger partial charge in [0.05, 0.1) is 32.9 Å². The van der Waals surface area contributed by atoms with E-state index < -0.39 is 17.6 Å². The second kappa shape index (κ2) is 6.84. The Bertz CT molecular complexity index is 1040. The van der Waals surface area contributed by atoms with Crippen LogP contribution in [0.2, 0.25) is 5.02 Å². The van der Waals surface area contributed by atoms with Crippen LogP contribution in [0.25, 0.3) is 11.0 Å². The van der Waals surface area contributed by atoms with E-state index in [1.54, 1.807) is 24.6 Å². The highest BCUT2D eigenvalue weighted by molar-refractivity contribution is 6.34. The van der Waals surface area contributed by atoms with E-state index in [2.05, 4.69) is 15.4 Å². The maximum atomic E-state index is 12.9. The number of fused-ring (bicyclic) bond motifs is 1. The lowest BCUT2D eigenvalue weighted by Crippen LogP contribution is -2.15. The number of nitrogens with zero attached hydrogens (tertiary/aromatic N) is 3. The van der Waals surface area contributed by atoms with Crippen LogP contribution >= 0.6 is 11.6 Å². The summed E-state index contributed by atoms with van der Waals surface area (Å²) in [5.41, 5.74) is 1.03. The van der Waals surface area contributed by atoms with Crippen molar-refractivity contribution in [3.05, 3.63) is 51.8 Å². The molecule has 2 aromatic heterocycles. The van der Waals surface area contributed by atoms with Crippen LogP contribution in [0.4, 0.5) is 18.9 Å². The molecule has 142 valence electrons. The average Bonchev–Trinajstić information content (AvgIpc) is 2.90. The molecule has 3 aromatic rings. The zero-order chi connectivity index (χ0) is 19.9. The fourth-order valence-electron chi connectivity index (χ4n) is 2.87. The number of amides is 1. The zero-order valence-electron chi connectivity index (χ0n) is 14.8. The summed E-state index contributed by atoms with van der Waals surface area (Å²) in [4.78, 5) is 17.3. The Morgan fingerprint density at radius 2 is 1.96 bits per heavy atom. The molecular weight excluding hydrogens is 381 g/mol. The van der Waals surface area contributed by atoms with E-state index >= 15 is 0 Å². The number of nitrogens with one attached hydrogen (secondary N) is 1. The lowest BCUT2D eigenvalue weighted by Gasteiger charge is -2.12. The summed E-state index contributed by atoms with van der Waals surface area (Å²) < 4.78 is 40.5. The Morgan fingerprint density at radius 3 is 2.59 bits per heavy atom. The molecule has 0 bridgehead atoms. The molecule has 0 radical (unpaired) electrons. The standard InChI is InChI=1S/C18H16ClF3N4O/c1-4-26-16-15(10(3)25-26)12(7-9(2)23-16)17(27)24-14-8-11(18(20,21)22)5-6-13(14)19/h5-8H,4H2,1-3H3,(H,24,27). The largest absolute Gasteiger partial charge is 0.416 e. The van der Waals surface area contributed by atoms with Gasteiger partial charge in [0.2, 0.25) is 0 Å². The van der Waals surface area contributed by atoms with Crippen LogP contribution in [0.3, 0.4) is 0 Å². The first-order chi connectivity index (χ1) is 12.6. The minimum absolute atomic E-state index is 0.0133. The van der Waals surface area contributed by atoms with E-state index in [0.717, 1.165) is 18.2 Å². The van der Waals surface area contributed by atoms with Crippen LogP contribution in [0, 0.1) is 13.8 Å². The number of aryl methyl sites for hydroxylation is 3. The van der Waals surface area contributed by atoms with Crippen molar-refractivity contribution in [2.75, 3.05) is 5.32 Å². The molecule has 1 N–H and O–H groups in total. The highest BCUT2D eigenvalue weighted by Gasteiger charge is 2.31. The number of benzene rings is 1. The molecule has 3 rings (SSSR count). The monoisotopic (exact) mass is 396 g/mol. The van der Waals surface area contributed by atoms with Crippen molar-refractivity contribution in [3.8, 4) is 0 Å². The van der Waals surface area contributed by atoms with Gasteiger partial charge in [-0.05, 0) is 45.0 Å². The van der Waals surface area contributed by atoms with Crippen LogP contribution in [-0.4, -0.2) is 20.7 Å². The van der Waals surface area contributed by atoms with Gasteiger partial charge in [-0.2, -0.15) is 18.3 Å². The highest BCUT2D eigenvalue weighted by Crippen LogP contribution is 2.34. The third kappa shape index (κ3) is 3.62. The van der Waals surface area contributed by atoms with Crippen molar-refractivity contribution < 1.29 is 18.0 Å². The van der Waals surface area contributed by atoms with Crippen molar-refractivity contribution in [1.29, 1.82) is 0 Å². The fourth-order valence-corrected chi connectivity index (χ4v) is 3.03. The van der Waals surface area contributed by atoms with Gasteiger partial charge in [0.1, 0.15) is 0 Å². The highest BCUT2D eigenvalue weighted by atomic mass is 35.5. The number of pyridine rings is 1. The molecule has 0 aliphatic rings. The van der Waals surface area contributed by atoms with Crippen molar-refractivity contribution in [2.24, 2.45) is 0 Å². The average molecular weight is 397 g/mol. The Balaban J connectivity index is 2.07. The number of carbonyl (C=O) groups excluding carboxylic acids is 1. The lowest BCUT2D eigenvalue weighted by molar-refractivity contribution is -0.137. The molecule has 0 spiro atoms. The summed E-state index contributed by atoms with van der Waals surface area (Å²) in [5.74, 6) is -0.578. The number of aromatic nitrogens is 3. The molecule has 1 amide bonds. The number of rotatable bonds is 3. The number of carbonyl (C=O) groups is 1. The molecule has 0 saturated carbocycles. The normalized spacial score (nSPS) is 11.8. The van der Waals surface area contributed by atoms with Gasteiger partial charge in [-0.25, -0.2) is 9.67 Å². The zero-order valence-corrected chi connectivity index (χ0v) is 15.5. The number of hydrogen-bond acceptors (Lipinski definition) is 3. The van der Waals surface area contributed by atoms with Crippen LogP contribution < -0.4 is 5.32 Å². The van der Waals surface area contributed by atoms with Gasteiger partial charge in [0.25, 0.3) is 5.91 Å². The predicted molar refractivity (Wildman–Crippen MR) is 97.1 cm³/mol. The molecule has 0 atom stereocenters. The van der Waals surface area contributed by atoms with Gasteiger partial charge < -0.3 is 5.32 Å². The molecule has 5 nitrogen and oxygen atoms in total. The van der Waals surface area contributed by atoms with Crippen molar-refractivity contribution in [3.63, 3.8) is 0 Å². The topological polar surface area (TPSA) is 59.8 Å². The van der Waals surface area contributed by atoms with Crippen LogP contribution in [0.1, 0.15) is 34.2 Å². The molecular formula is C18H16ClF3N4O. The molecule has 0 aliphatic carbocycles. The summed E-state index contributed by atoms with van der Waals surface area (Å²) in [7, 11) is 0. The lowest BCUT2D eigenvalue weighted by atomic mass is 10.1. The number of halogens is 4. The SMILES string of the molecule is CCn1nc(C)c2c(C(=O)Nc3cc(C(F)(F)F)ccc3Cl)cc(C)nc21. The summed E-state index contributed by atoms with van der Waals surface area (Å²) in [6, 6.07) is 4.36. The Hall–Kier alpha value is -2.61. The van der Waals surface area contributed by atoms with Crippen LogP contribution in [0.5, 0.6) is 0 Å². The van der Waals surface area contributed by atoms with Crippen molar-refractivity contribution in [2.45, 2.75) is 33.5 Å². The fraction of sp³-hybridized carbons (Fsp3) is 0.278. The predicted octanol–water partition coefficient (Wildman–Crippen LogP) is 4.99. The van der Waals surface area contributed by atoms with Gasteiger partial charge in [-0.15, -0.1) is 0 Å². The van der Waals surface area contributed by atoms with Crippen LogP contribution in [0.15, 0.2) is 24.3 Å². The van der Waals surface area contributed by atoms with E-state index in [1.807, 2.05) is 6.92 Å². The molecule has 27 heavy (non-hydrogen) atoms. The Morgan fingerprint density at radius 1 is 1.26 bits per heavy atom. The molecule has 1 aromatic carbocycles. The third-order valence-corrected chi connectivity index (χ3v) is 4.42. The first kappa shape index (κ1) is 19.2. The number of anilines is 1. The maximum absolute atomic E-state index is 12.9. The van der Waals surface area contributed by atoms with Crippen molar-refractivity contribution in [1.82, 2.24) is 14.8 Å². The second-order valence-corrected chi connectivity index (χ2v) is 6.46. The Kier molecular flexibility index (Phi) is 4.86. The molecule has 0 saturated heterocycles. The summed E-state index contributed by atoms with van der Waals surface area (Å²) in [6.45, 7) is 5.95. The first-order valence-corrected chi connectivity index (χ1v) is 8.52. The molecule has 0 aliphatic heterocycles. The number of hydrogen-bond donors (Lipinski definition) is 1. The smallest absolute Gasteiger partial charge is 0.321 e. The van der Waals surface area contributed by atoms with Gasteiger partial charge >= 0.3 is 6.18 Å². The Labute approximate surface area is 158 Å². The maximum Gasteiger partial charge on any atom is 0.416 e. The minimum Gasteiger partial charge on any atom is -0.321 e. The summed E-state index contributed by atoms with van der Waals surface area (Å²) in [5, 5.41) is 7.41. The minimum atomic E-state index is -4.54. The summed E-state index contributed by atoms with van der Waals surface area (Å²) in [6.07, 6.45) is -4.54. The number of alkyl halides is 3. The van der Waals surface area contributed by atoms with E-state index in [0.29, 0.717) is 29.0 Å². The van der Waals surface area contributed by atoms with E-state index in [4.69, 9.17) is 11.6 Å². The van der Waals surface area contributed by atoms with Gasteiger partial charge in [0.15, 0.2) is 5.65 Å². The van der Waals surface area contributed by atoms with E-state index in [9.17, 15) is 18.0 Å².